The summed E-state index contributed by atoms with van der Waals surface area (Å²) in [6.07, 6.45) is 11.9. The molecule has 26 heavy (non-hydrogen) atoms. The van der Waals surface area contributed by atoms with Gasteiger partial charge in [-0.3, -0.25) is 9.58 Å². The van der Waals surface area contributed by atoms with Crippen LogP contribution in [-0.4, -0.2) is 36.8 Å². The second-order valence-electron chi connectivity index (χ2n) is 7.32. The van der Waals surface area contributed by atoms with Crippen molar-refractivity contribution in [1.29, 1.82) is 0 Å². The molecule has 2 aromatic heterocycles. The standard InChI is InChI=1S/C21H27N5/c1-18-13-23-26(14-18)16-20-9-5-6-11-24(20)17-21-22-10-12-25(21)15-19-7-3-2-4-8-19/h2-4,7-8,10,12-14,20H,5-6,9,11,15-17H2,1H3/t20-/m0/s1. The molecule has 1 atom stereocenters. The van der Waals surface area contributed by atoms with Gasteiger partial charge in [0.1, 0.15) is 5.82 Å². The molecule has 0 saturated carbocycles. The van der Waals surface area contributed by atoms with Gasteiger partial charge in [-0.05, 0) is 37.4 Å². The molecular weight excluding hydrogens is 322 g/mol. The number of rotatable bonds is 6. The fourth-order valence-corrected chi connectivity index (χ4v) is 3.86. The number of aromatic nitrogens is 4. The molecular formula is C21H27N5. The van der Waals surface area contributed by atoms with Gasteiger partial charge in [0.25, 0.3) is 0 Å². The molecule has 1 aliphatic rings. The Kier molecular flexibility index (Phi) is 5.16. The monoisotopic (exact) mass is 349 g/mol. The zero-order chi connectivity index (χ0) is 17.8. The van der Waals surface area contributed by atoms with E-state index in [9.17, 15) is 0 Å². The predicted octanol–water partition coefficient (Wildman–Crippen LogP) is 3.49. The number of piperidine rings is 1. The molecule has 1 fully saturated rings. The van der Waals surface area contributed by atoms with E-state index in [1.807, 2.05) is 12.4 Å². The Morgan fingerprint density at radius 1 is 1.12 bits per heavy atom. The first kappa shape index (κ1) is 17.0. The van der Waals surface area contributed by atoms with Gasteiger partial charge in [-0.25, -0.2) is 4.98 Å². The summed E-state index contributed by atoms with van der Waals surface area (Å²) >= 11 is 0. The minimum absolute atomic E-state index is 0.532. The molecule has 5 heteroatoms. The molecule has 0 aliphatic carbocycles. The summed E-state index contributed by atoms with van der Waals surface area (Å²) in [4.78, 5) is 7.24. The Balaban J connectivity index is 1.46. The van der Waals surface area contributed by atoms with E-state index in [1.165, 1.54) is 30.4 Å². The van der Waals surface area contributed by atoms with E-state index >= 15 is 0 Å². The van der Waals surface area contributed by atoms with Crippen LogP contribution in [0.1, 0.15) is 36.2 Å². The molecule has 1 aliphatic heterocycles. The lowest BCUT2D eigenvalue weighted by atomic mass is 10.0. The largest absolute Gasteiger partial charge is 0.329 e. The van der Waals surface area contributed by atoms with Crippen LogP contribution in [0.25, 0.3) is 0 Å². The van der Waals surface area contributed by atoms with Crippen molar-refractivity contribution >= 4 is 0 Å². The fourth-order valence-electron chi connectivity index (χ4n) is 3.86. The highest BCUT2D eigenvalue weighted by molar-refractivity contribution is 5.15. The zero-order valence-electron chi connectivity index (χ0n) is 15.5. The number of benzene rings is 1. The third kappa shape index (κ3) is 4.05. The van der Waals surface area contributed by atoms with Crippen LogP contribution in [0.5, 0.6) is 0 Å². The van der Waals surface area contributed by atoms with Gasteiger partial charge < -0.3 is 4.57 Å². The number of aryl methyl sites for hydroxylation is 1. The van der Waals surface area contributed by atoms with Crippen LogP contribution in [-0.2, 0) is 19.6 Å². The number of hydrogen-bond acceptors (Lipinski definition) is 3. The lowest BCUT2D eigenvalue weighted by Gasteiger charge is -2.35. The lowest BCUT2D eigenvalue weighted by Crippen LogP contribution is -2.42. The average molecular weight is 349 g/mol. The van der Waals surface area contributed by atoms with E-state index in [-0.39, 0.29) is 0 Å². The van der Waals surface area contributed by atoms with Gasteiger partial charge >= 0.3 is 0 Å². The van der Waals surface area contributed by atoms with E-state index in [4.69, 9.17) is 0 Å². The second-order valence-corrected chi connectivity index (χ2v) is 7.32. The van der Waals surface area contributed by atoms with Crippen LogP contribution in [0.4, 0.5) is 0 Å². The molecule has 1 aromatic carbocycles. The van der Waals surface area contributed by atoms with Crippen molar-refractivity contribution in [3.8, 4) is 0 Å². The zero-order valence-corrected chi connectivity index (χ0v) is 15.5. The van der Waals surface area contributed by atoms with Gasteiger partial charge in [0.15, 0.2) is 0 Å². The summed E-state index contributed by atoms with van der Waals surface area (Å²) < 4.78 is 4.37. The minimum Gasteiger partial charge on any atom is -0.329 e. The van der Waals surface area contributed by atoms with Crippen molar-refractivity contribution in [1.82, 2.24) is 24.2 Å². The van der Waals surface area contributed by atoms with Crippen LogP contribution in [0.3, 0.4) is 0 Å². The smallest absolute Gasteiger partial charge is 0.123 e. The predicted molar refractivity (Wildman–Crippen MR) is 103 cm³/mol. The van der Waals surface area contributed by atoms with Crippen LogP contribution < -0.4 is 0 Å². The normalized spacial score (nSPS) is 18.3. The Bertz CT molecular complexity index is 820. The third-order valence-corrected chi connectivity index (χ3v) is 5.25. The summed E-state index contributed by atoms with van der Waals surface area (Å²) in [5, 5.41) is 4.48. The minimum atomic E-state index is 0.532. The van der Waals surface area contributed by atoms with Crippen LogP contribution in [0.15, 0.2) is 55.1 Å². The maximum atomic E-state index is 4.65. The van der Waals surface area contributed by atoms with E-state index in [0.29, 0.717) is 6.04 Å². The van der Waals surface area contributed by atoms with E-state index in [1.54, 1.807) is 0 Å². The van der Waals surface area contributed by atoms with Crippen molar-refractivity contribution in [3.05, 3.63) is 72.1 Å². The third-order valence-electron chi connectivity index (χ3n) is 5.25. The van der Waals surface area contributed by atoms with E-state index < -0.39 is 0 Å². The van der Waals surface area contributed by atoms with Gasteiger partial charge in [-0.15, -0.1) is 0 Å². The number of imidazole rings is 1. The topological polar surface area (TPSA) is 38.9 Å². The molecule has 0 radical (unpaired) electrons. The van der Waals surface area contributed by atoms with Crippen LogP contribution >= 0.6 is 0 Å². The fraction of sp³-hybridized carbons (Fsp3) is 0.429. The maximum Gasteiger partial charge on any atom is 0.123 e. The van der Waals surface area contributed by atoms with Crippen LogP contribution in [0, 0.1) is 6.92 Å². The first-order valence-corrected chi connectivity index (χ1v) is 9.55. The summed E-state index contributed by atoms with van der Waals surface area (Å²) in [7, 11) is 0. The highest BCUT2D eigenvalue weighted by Gasteiger charge is 2.24. The highest BCUT2D eigenvalue weighted by atomic mass is 15.3. The summed E-state index contributed by atoms with van der Waals surface area (Å²) in [6, 6.07) is 11.1. The average Bonchev–Trinajstić information content (AvgIpc) is 3.26. The number of likely N-dealkylation sites (tertiary alicyclic amines) is 1. The van der Waals surface area contributed by atoms with Crippen molar-refractivity contribution in [2.75, 3.05) is 6.54 Å². The van der Waals surface area contributed by atoms with Crippen molar-refractivity contribution in [2.24, 2.45) is 0 Å². The molecule has 5 nitrogen and oxygen atoms in total. The Hall–Kier alpha value is -2.40. The molecule has 1 saturated heterocycles. The lowest BCUT2D eigenvalue weighted by molar-refractivity contribution is 0.117. The molecule has 0 spiro atoms. The molecule has 0 unspecified atom stereocenters. The molecule has 3 heterocycles. The molecule has 4 rings (SSSR count). The number of nitrogens with zero attached hydrogens (tertiary/aromatic N) is 5. The van der Waals surface area contributed by atoms with Crippen LogP contribution in [0.2, 0.25) is 0 Å². The van der Waals surface area contributed by atoms with Gasteiger partial charge in [-0.1, -0.05) is 36.8 Å². The highest BCUT2D eigenvalue weighted by Crippen LogP contribution is 2.21. The van der Waals surface area contributed by atoms with E-state index in [0.717, 1.165) is 32.0 Å². The quantitative estimate of drug-likeness (QED) is 0.684. The van der Waals surface area contributed by atoms with Gasteiger partial charge in [-0.2, -0.15) is 5.10 Å². The van der Waals surface area contributed by atoms with E-state index in [2.05, 4.69) is 73.9 Å². The first-order valence-electron chi connectivity index (χ1n) is 9.55. The summed E-state index contributed by atoms with van der Waals surface area (Å²) in [5.74, 6) is 1.15. The Morgan fingerprint density at radius 2 is 2.00 bits per heavy atom. The Morgan fingerprint density at radius 3 is 2.81 bits per heavy atom. The molecule has 3 aromatic rings. The molecule has 136 valence electrons. The molecule has 0 bridgehead atoms. The van der Waals surface area contributed by atoms with Gasteiger partial charge in [0, 0.05) is 31.2 Å². The molecule has 0 amide bonds. The Labute approximate surface area is 155 Å². The first-order chi connectivity index (χ1) is 12.8. The summed E-state index contributed by atoms with van der Waals surface area (Å²) in [6.45, 7) is 6.00. The van der Waals surface area contributed by atoms with Crippen molar-refractivity contribution < 1.29 is 0 Å². The SMILES string of the molecule is Cc1cnn(C[C@@H]2CCCCN2Cc2nccn2Cc2ccccc2)c1. The van der Waals surface area contributed by atoms with Crippen molar-refractivity contribution in [2.45, 2.75) is 51.9 Å². The molecule has 0 N–H and O–H groups in total. The summed E-state index contributed by atoms with van der Waals surface area (Å²) in [5.41, 5.74) is 2.54. The second kappa shape index (κ2) is 7.87. The van der Waals surface area contributed by atoms with Gasteiger partial charge in [0.05, 0.1) is 19.3 Å². The van der Waals surface area contributed by atoms with Gasteiger partial charge in [0.2, 0.25) is 0 Å². The van der Waals surface area contributed by atoms with Crippen molar-refractivity contribution in [3.63, 3.8) is 0 Å². The number of hydrogen-bond donors (Lipinski definition) is 0. The maximum absolute atomic E-state index is 4.65.